The fraction of sp³-hybridized carbons (Fsp3) is 0.238. The highest BCUT2D eigenvalue weighted by Crippen LogP contribution is 2.24. The number of nitrogens with zero attached hydrogens (tertiary/aromatic N) is 4. The largest absolute Gasteiger partial charge is 0.441 e. The summed E-state index contributed by atoms with van der Waals surface area (Å²) < 4.78 is 7.51. The van der Waals surface area contributed by atoms with Crippen molar-refractivity contribution in [3.8, 4) is 11.5 Å². The predicted octanol–water partition coefficient (Wildman–Crippen LogP) is 4.54. The van der Waals surface area contributed by atoms with Crippen molar-refractivity contribution in [2.45, 2.75) is 33.7 Å². The number of rotatable bonds is 4. The van der Waals surface area contributed by atoms with E-state index in [0.29, 0.717) is 17.1 Å². The van der Waals surface area contributed by atoms with E-state index in [0.717, 1.165) is 28.1 Å². The molecule has 0 aliphatic carbocycles. The summed E-state index contributed by atoms with van der Waals surface area (Å²) in [6.45, 7) is 7.86. The summed E-state index contributed by atoms with van der Waals surface area (Å²) in [6.07, 6.45) is 3.30. The first-order valence-electron chi connectivity index (χ1n) is 9.11. The van der Waals surface area contributed by atoms with E-state index in [2.05, 4.69) is 20.4 Å². The third-order valence-electron chi connectivity index (χ3n) is 4.58. The number of fused-ring (bicyclic) bond motifs is 1. The molecule has 0 atom stereocenters. The molecular weight excluding hydrogens is 354 g/mol. The third kappa shape index (κ3) is 3.26. The van der Waals surface area contributed by atoms with Crippen LogP contribution in [0, 0.1) is 13.8 Å². The Morgan fingerprint density at radius 3 is 2.71 bits per heavy atom. The monoisotopic (exact) mass is 375 g/mol. The Balaban J connectivity index is 1.58. The van der Waals surface area contributed by atoms with Crippen molar-refractivity contribution in [1.29, 1.82) is 0 Å². The van der Waals surface area contributed by atoms with E-state index in [9.17, 15) is 4.79 Å². The molecule has 4 rings (SSSR count). The van der Waals surface area contributed by atoms with Crippen LogP contribution in [0.4, 0.5) is 5.69 Å². The predicted molar refractivity (Wildman–Crippen MR) is 107 cm³/mol. The van der Waals surface area contributed by atoms with Crippen molar-refractivity contribution in [2.24, 2.45) is 0 Å². The van der Waals surface area contributed by atoms with Crippen molar-refractivity contribution in [3.63, 3.8) is 0 Å². The number of amides is 1. The highest BCUT2D eigenvalue weighted by molar-refractivity contribution is 6.05. The SMILES string of the molecule is Cc1nc(-c2cccc(NC(=O)c3cnc4c(cnn4C(C)C)c3)c2)oc1C. The van der Waals surface area contributed by atoms with Crippen LogP contribution in [0.15, 0.2) is 47.1 Å². The van der Waals surface area contributed by atoms with E-state index in [1.165, 1.54) is 0 Å². The summed E-state index contributed by atoms with van der Waals surface area (Å²) in [5.41, 5.74) is 3.56. The zero-order chi connectivity index (χ0) is 19.8. The van der Waals surface area contributed by atoms with E-state index < -0.39 is 0 Å². The minimum absolute atomic E-state index is 0.204. The molecule has 1 amide bonds. The molecule has 0 aliphatic heterocycles. The number of hydrogen-bond donors (Lipinski definition) is 1. The second-order valence-electron chi connectivity index (χ2n) is 7.02. The highest BCUT2D eigenvalue weighted by atomic mass is 16.4. The van der Waals surface area contributed by atoms with Gasteiger partial charge in [0, 0.05) is 28.9 Å². The first-order valence-corrected chi connectivity index (χ1v) is 9.11. The van der Waals surface area contributed by atoms with E-state index in [1.807, 2.05) is 56.6 Å². The van der Waals surface area contributed by atoms with E-state index in [4.69, 9.17) is 4.42 Å². The smallest absolute Gasteiger partial charge is 0.257 e. The van der Waals surface area contributed by atoms with Crippen LogP contribution in [-0.4, -0.2) is 25.7 Å². The van der Waals surface area contributed by atoms with Gasteiger partial charge in [-0.3, -0.25) is 4.79 Å². The summed E-state index contributed by atoms with van der Waals surface area (Å²) in [5, 5.41) is 8.08. The van der Waals surface area contributed by atoms with Gasteiger partial charge in [0.05, 0.1) is 17.5 Å². The van der Waals surface area contributed by atoms with Gasteiger partial charge in [-0.2, -0.15) is 5.10 Å². The molecule has 0 saturated carbocycles. The summed E-state index contributed by atoms with van der Waals surface area (Å²) in [5.74, 6) is 1.09. The van der Waals surface area contributed by atoms with Gasteiger partial charge in [0.15, 0.2) is 5.65 Å². The van der Waals surface area contributed by atoms with Crippen LogP contribution in [0.1, 0.15) is 41.7 Å². The number of benzene rings is 1. The number of aryl methyl sites for hydroxylation is 2. The second kappa shape index (κ2) is 6.92. The molecule has 142 valence electrons. The van der Waals surface area contributed by atoms with Crippen LogP contribution in [0.3, 0.4) is 0 Å². The van der Waals surface area contributed by atoms with Crippen LogP contribution in [0.25, 0.3) is 22.5 Å². The topological polar surface area (TPSA) is 85.8 Å². The Morgan fingerprint density at radius 2 is 2.00 bits per heavy atom. The quantitative estimate of drug-likeness (QED) is 0.566. The van der Waals surface area contributed by atoms with E-state index >= 15 is 0 Å². The fourth-order valence-electron chi connectivity index (χ4n) is 2.97. The zero-order valence-corrected chi connectivity index (χ0v) is 16.2. The van der Waals surface area contributed by atoms with Gasteiger partial charge in [-0.25, -0.2) is 14.6 Å². The molecule has 7 nitrogen and oxygen atoms in total. The molecule has 0 radical (unpaired) electrons. The van der Waals surface area contributed by atoms with Gasteiger partial charge in [0.1, 0.15) is 5.76 Å². The molecule has 1 N–H and O–H groups in total. The molecule has 3 heterocycles. The second-order valence-corrected chi connectivity index (χ2v) is 7.02. The average Bonchev–Trinajstić information content (AvgIpc) is 3.25. The summed E-state index contributed by atoms with van der Waals surface area (Å²) >= 11 is 0. The minimum atomic E-state index is -0.233. The number of oxazole rings is 1. The van der Waals surface area contributed by atoms with Gasteiger partial charge in [-0.05, 0) is 52.0 Å². The van der Waals surface area contributed by atoms with Crippen LogP contribution in [-0.2, 0) is 0 Å². The maximum absolute atomic E-state index is 12.7. The molecule has 0 fully saturated rings. The van der Waals surface area contributed by atoms with Crippen LogP contribution >= 0.6 is 0 Å². The molecule has 1 aromatic carbocycles. The summed E-state index contributed by atoms with van der Waals surface area (Å²) in [4.78, 5) is 21.5. The van der Waals surface area contributed by atoms with Crippen LogP contribution < -0.4 is 5.32 Å². The highest BCUT2D eigenvalue weighted by Gasteiger charge is 2.13. The Bertz CT molecular complexity index is 1150. The van der Waals surface area contributed by atoms with Crippen molar-refractivity contribution in [2.75, 3.05) is 5.32 Å². The molecule has 28 heavy (non-hydrogen) atoms. The third-order valence-corrected chi connectivity index (χ3v) is 4.58. The minimum Gasteiger partial charge on any atom is -0.441 e. The molecule has 7 heteroatoms. The fourth-order valence-corrected chi connectivity index (χ4v) is 2.97. The van der Waals surface area contributed by atoms with Crippen molar-refractivity contribution in [3.05, 3.63) is 59.7 Å². The maximum atomic E-state index is 12.7. The molecule has 4 aromatic rings. The molecular formula is C21H21N5O2. The van der Waals surface area contributed by atoms with E-state index in [-0.39, 0.29) is 11.9 Å². The Kier molecular flexibility index (Phi) is 4.43. The molecule has 0 bridgehead atoms. The van der Waals surface area contributed by atoms with Crippen LogP contribution in [0.2, 0.25) is 0 Å². The van der Waals surface area contributed by atoms with Gasteiger partial charge in [-0.1, -0.05) is 6.07 Å². The molecule has 0 aliphatic rings. The standard InChI is InChI=1S/C21H21N5O2/c1-12(2)26-19-16(11-23-26)8-17(10-22-19)20(27)25-18-7-5-6-15(9-18)21-24-13(3)14(4)28-21/h5-12H,1-4H3,(H,25,27). The van der Waals surface area contributed by atoms with Crippen molar-refractivity contribution >= 4 is 22.6 Å². The number of pyridine rings is 1. The van der Waals surface area contributed by atoms with E-state index in [1.54, 1.807) is 18.5 Å². The average molecular weight is 375 g/mol. The van der Waals surface area contributed by atoms with Crippen molar-refractivity contribution in [1.82, 2.24) is 19.7 Å². The zero-order valence-electron chi connectivity index (χ0n) is 16.2. The normalized spacial score (nSPS) is 11.3. The maximum Gasteiger partial charge on any atom is 0.257 e. The first kappa shape index (κ1) is 17.9. The summed E-state index contributed by atoms with van der Waals surface area (Å²) in [7, 11) is 0. The Hall–Kier alpha value is -3.48. The number of nitrogens with one attached hydrogen (secondary N) is 1. The Labute approximate surface area is 162 Å². The van der Waals surface area contributed by atoms with Crippen molar-refractivity contribution < 1.29 is 9.21 Å². The number of aromatic nitrogens is 4. The van der Waals surface area contributed by atoms with Gasteiger partial charge in [0.2, 0.25) is 5.89 Å². The Morgan fingerprint density at radius 1 is 1.18 bits per heavy atom. The number of anilines is 1. The number of carbonyl (C=O) groups excluding carboxylic acids is 1. The lowest BCUT2D eigenvalue weighted by molar-refractivity contribution is 0.102. The molecule has 0 spiro atoms. The molecule has 0 saturated heterocycles. The lowest BCUT2D eigenvalue weighted by Crippen LogP contribution is -2.12. The lowest BCUT2D eigenvalue weighted by Gasteiger charge is -2.08. The van der Waals surface area contributed by atoms with Gasteiger partial charge >= 0.3 is 0 Å². The lowest BCUT2D eigenvalue weighted by atomic mass is 10.2. The number of carbonyl (C=O) groups is 1. The number of hydrogen-bond acceptors (Lipinski definition) is 5. The summed E-state index contributed by atoms with van der Waals surface area (Å²) in [6, 6.07) is 9.42. The molecule has 0 unspecified atom stereocenters. The van der Waals surface area contributed by atoms with Gasteiger partial charge in [0.25, 0.3) is 5.91 Å². The van der Waals surface area contributed by atoms with Crippen LogP contribution in [0.5, 0.6) is 0 Å². The van der Waals surface area contributed by atoms with Gasteiger partial charge in [-0.15, -0.1) is 0 Å². The molecule has 3 aromatic heterocycles. The van der Waals surface area contributed by atoms with Gasteiger partial charge < -0.3 is 9.73 Å². The first-order chi connectivity index (χ1) is 13.4.